The summed E-state index contributed by atoms with van der Waals surface area (Å²) in [6.07, 6.45) is 1.28. The Hall–Kier alpha value is -1.87. The van der Waals surface area contributed by atoms with E-state index in [-0.39, 0.29) is 22.8 Å². The first-order valence-corrected chi connectivity index (χ1v) is 9.37. The number of nitro benzene ring substituents is 1. The van der Waals surface area contributed by atoms with Crippen molar-refractivity contribution < 1.29 is 13.5 Å². The van der Waals surface area contributed by atoms with E-state index >= 15 is 0 Å². The molecule has 0 radical (unpaired) electrons. The zero-order valence-corrected chi connectivity index (χ0v) is 15.0. The van der Waals surface area contributed by atoms with Gasteiger partial charge >= 0.3 is 0 Å². The highest BCUT2D eigenvalue weighted by atomic mass is 32.2. The molecule has 0 amide bonds. The molecule has 1 saturated heterocycles. The van der Waals surface area contributed by atoms with E-state index in [0.717, 1.165) is 31.3 Å². The van der Waals surface area contributed by atoms with Gasteiger partial charge < -0.3 is 10.6 Å². The molecule has 1 aromatic carbocycles. The molecule has 0 aliphatic carbocycles. The molecule has 9 heteroatoms. The number of piperidine rings is 1. The minimum atomic E-state index is -1.34. The third kappa shape index (κ3) is 2.95. The van der Waals surface area contributed by atoms with Crippen LogP contribution < -0.4 is 5.73 Å². The summed E-state index contributed by atoms with van der Waals surface area (Å²) in [5.41, 5.74) is 4.87. The summed E-state index contributed by atoms with van der Waals surface area (Å²) in [5, 5.41) is 11.0. The minimum Gasteiger partial charge on any atom is -0.386 e. The van der Waals surface area contributed by atoms with Crippen molar-refractivity contribution in [2.45, 2.75) is 30.1 Å². The number of non-ortho nitro benzene ring substituents is 1. The van der Waals surface area contributed by atoms with Crippen LogP contribution in [0.15, 0.2) is 23.2 Å². The predicted octanol–water partition coefficient (Wildman–Crippen LogP) is 1.53. The largest absolute Gasteiger partial charge is 0.386 e. The molecular weight excluding hydrogens is 347 g/mol. The molecule has 2 heterocycles. The summed E-state index contributed by atoms with van der Waals surface area (Å²) < 4.78 is 26.8. The quantitative estimate of drug-likeness (QED) is 0.630. The van der Waals surface area contributed by atoms with Gasteiger partial charge in [0.1, 0.15) is 16.4 Å². The number of likely N-dealkylation sites (tertiary alicyclic amines) is 1. The monoisotopic (exact) mass is 368 g/mol. The number of aliphatic imine (C=N–C) groups is 1. The summed E-state index contributed by atoms with van der Waals surface area (Å²) in [4.78, 5) is 17.1. The maximum absolute atomic E-state index is 14.4. The van der Waals surface area contributed by atoms with E-state index in [2.05, 4.69) is 9.89 Å². The smallest absolute Gasteiger partial charge is 0.270 e. The van der Waals surface area contributed by atoms with Gasteiger partial charge in [0, 0.05) is 28.5 Å². The van der Waals surface area contributed by atoms with E-state index < -0.39 is 31.8 Å². The number of nitro groups is 1. The second-order valence-electron chi connectivity index (χ2n) is 6.98. The number of amidine groups is 1. The van der Waals surface area contributed by atoms with Gasteiger partial charge in [0.25, 0.3) is 5.69 Å². The Labute approximate surface area is 147 Å². The Balaban J connectivity index is 2.05. The van der Waals surface area contributed by atoms with E-state index in [1.165, 1.54) is 0 Å². The lowest BCUT2D eigenvalue weighted by molar-refractivity contribution is -0.385. The van der Waals surface area contributed by atoms with Crippen molar-refractivity contribution in [2.24, 2.45) is 10.7 Å². The van der Waals surface area contributed by atoms with Crippen LogP contribution in [0.3, 0.4) is 0 Å². The van der Waals surface area contributed by atoms with Crippen molar-refractivity contribution >= 4 is 22.3 Å². The molecule has 2 aliphatic rings. The number of rotatable bonds is 2. The average Bonchev–Trinajstić information content (AvgIpc) is 2.54. The van der Waals surface area contributed by atoms with Crippen LogP contribution in [-0.2, 0) is 16.3 Å². The molecule has 1 aromatic rings. The van der Waals surface area contributed by atoms with Crippen LogP contribution in [0.1, 0.15) is 25.3 Å². The van der Waals surface area contributed by atoms with Crippen molar-refractivity contribution in [3.63, 3.8) is 0 Å². The molecule has 25 heavy (non-hydrogen) atoms. The third-order valence-corrected chi connectivity index (χ3v) is 7.53. The fourth-order valence-electron chi connectivity index (χ4n) is 3.55. The molecule has 2 atom stereocenters. The second kappa shape index (κ2) is 6.14. The number of hydrogen-bond acceptors (Lipinski definition) is 6. The first kappa shape index (κ1) is 17.9. The summed E-state index contributed by atoms with van der Waals surface area (Å²) in [6.45, 7) is 3.16. The van der Waals surface area contributed by atoms with Crippen LogP contribution in [0, 0.1) is 15.9 Å². The lowest BCUT2D eigenvalue weighted by atomic mass is 9.90. The predicted molar refractivity (Wildman–Crippen MR) is 94.5 cm³/mol. The molecule has 136 valence electrons. The van der Waals surface area contributed by atoms with E-state index in [0.29, 0.717) is 12.8 Å². The Kier molecular flexibility index (Phi) is 4.40. The standard InChI is InChI=1S/C16H21FN4O3S/c1-15(12-9-11(21(22)23)3-4-13(12)17)10-25(24)16(14(18)19-15)5-7-20(2)8-6-16/h3-4,9H,5-8,10H2,1-2H3,(H2,18,19)/t15-,25?/m0/s1. The number of halogens is 1. The van der Waals surface area contributed by atoms with Crippen LogP contribution in [0.25, 0.3) is 0 Å². The van der Waals surface area contributed by atoms with Crippen LogP contribution in [0.2, 0.25) is 0 Å². The lowest BCUT2D eigenvalue weighted by Crippen LogP contribution is -2.59. The van der Waals surface area contributed by atoms with Gasteiger partial charge in [-0.2, -0.15) is 0 Å². The molecule has 1 unspecified atom stereocenters. The fourth-order valence-corrected chi connectivity index (χ4v) is 5.47. The molecule has 2 N–H and O–H groups in total. The van der Waals surface area contributed by atoms with Gasteiger partial charge in [-0.05, 0) is 46.0 Å². The van der Waals surface area contributed by atoms with Crippen LogP contribution in [0.5, 0.6) is 0 Å². The fraction of sp³-hybridized carbons (Fsp3) is 0.562. The van der Waals surface area contributed by atoms with Gasteiger partial charge in [-0.15, -0.1) is 0 Å². The van der Waals surface area contributed by atoms with Crippen LogP contribution in [0.4, 0.5) is 10.1 Å². The number of nitrogens with zero attached hydrogens (tertiary/aromatic N) is 3. The molecule has 0 saturated carbocycles. The lowest BCUT2D eigenvalue weighted by Gasteiger charge is -2.45. The topological polar surface area (TPSA) is 102 Å². The van der Waals surface area contributed by atoms with Crippen LogP contribution >= 0.6 is 0 Å². The normalized spacial score (nSPS) is 29.4. The van der Waals surface area contributed by atoms with Crippen molar-refractivity contribution in [3.8, 4) is 0 Å². The zero-order chi connectivity index (χ0) is 18.4. The van der Waals surface area contributed by atoms with Crippen molar-refractivity contribution in [1.82, 2.24) is 4.90 Å². The van der Waals surface area contributed by atoms with Gasteiger partial charge in [0.15, 0.2) is 0 Å². The number of benzene rings is 1. The molecule has 7 nitrogen and oxygen atoms in total. The van der Waals surface area contributed by atoms with Crippen LogP contribution in [-0.4, -0.2) is 50.5 Å². The summed E-state index contributed by atoms with van der Waals surface area (Å²) >= 11 is 0. The third-order valence-electron chi connectivity index (χ3n) is 5.22. The summed E-state index contributed by atoms with van der Waals surface area (Å²) in [5.74, 6) is -0.255. The molecule has 3 rings (SSSR count). The van der Waals surface area contributed by atoms with E-state index in [4.69, 9.17) is 5.73 Å². The number of hydrogen-bond donors (Lipinski definition) is 1. The maximum atomic E-state index is 14.4. The van der Waals surface area contributed by atoms with Gasteiger partial charge in [-0.25, -0.2) is 4.39 Å². The van der Waals surface area contributed by atoms with Crippen molar-refractivity contribution in [1.29, 1.82) is 0 Å². The SMILES string of the molecule is CN1CCC2(CC1)C(N)=N[C@](C)(c1cc([N+](=O)[O-])ccc1F)CS2=O. The van der Waals surface area contributed by atoms with E-state index in [9.17, 15) is 18.7 Å². The minimum absolute atomic E-state index is 0.0563. The molecule has 2 aliphatic heterocycles. The van der Waals surface area contributed by atoms with Crippen molar-refractivity contribution in [3.05, 3.63) is 39.7 Å². The first-order chi connectivity index (χ1) is 11.7. The van der Waals surface area contributed by atoms with Crippen molar-refractivity contribution in [2.75, 3.05) is 25.9 Å². The second-order valence-corrected chi connectivity index (χ2v) is 8.74. The Morgan fingerprint density at radius 1 is 1.40 bits per heavy atom. The molecule has 1 fully saturated rings. The maximum Gasteiger partial charge on any atom is 0.270 e. The van der Waals surface area contributed by atoms with Gasteiger partial charge in [-0.3, -0.25) is 19.3 Å². The first-order valence-electron chi connectivity index (χ1n) is 8.05. The van der Waals surface area contributed by atoms with E-state index in [1.54, 1.807) is 6.92 Å². The average molecular weight is 368 g/mol. The molecule has 0 aromatic heterocycles. The zero-order valence-electron chi connectivity index (χ0n) is 14.2. The Morgan fingerprint density at radius 3 is 2.60 bits per heavy atom. The van der Waals surface area contributed by atoms with Gasteiger partial charge in [0.2, 0.25) is 0 Å². The summed E-state index contributed by atoms with van der Waals surface area (Å²) in [7, 11) is 0.650. The summed E-state index contributed by atoms with van der Waals surface area (Å²) in [6, 6.07) is 3.32. The van der Waals surface area contributed by atoms with E-state index in [1.807, 2.05) is 7.05 Å². The van der Waals surface area contributed by atoms with Gasteiger partial charge in [0.05, 0.1) is 16.2 Å². The highest BCUT2D eigenvalue weighted by Gasteiger charge is 2.50. The Morgan fingerprint density at radius 2 is 2.04 bits per heavy atom. The molecule has 1 spiro atoms. The highest BCUT2D eigenvalue weighted by Crippen LogP contribution is 2.41. The number of nitrogens with two attached hydrogens (primary N) is 1. The molecular formula is C16H21FN4O3S. The highest BCUT2D eigenvalue weighted by molar-refractivity contribution is 7.87. The molecule has 0 bridgehead atoms. The Bertz CT molecular complexity index is 777. The van der Waals surface area contributed by atoms with Gasteiger partial charge in [-0.1, -0.05) is 0 Å².